The molecule has 1 fully saturated rings. The summed E-state index contributed by atoms with van der Waals surface area (Å²) >= 11 is 3.45. The fourth-order valence-electron chi connectivity index (χ4n) is 2.01. The number of halogens is 2. The van der Waals surface area contributed by atoms with Crippen LogP contribution in [0.2, 0.25) is 0 Å². The summed E-state index contributed by atoms with van der Waals surface area (Å²) in [5.74, 6) is 0.143. The molecule has 1 aliphatic rings. The number of carbonyl (C=O) groups is 1. The van der Waals surface area contributed by atoms with Crippen LogP contribution < -0.4 is 5.32 Å². The average Bonchev–Trinajstić information content (AvgIpc) is 2.60. The molecule has 2 rings (SSSR count). The molecular weight excluding hydrogens is 316 g/mol. The highest BCUT2D eigenvalue weighted by Crippen LogP contribution is 2.18. The lowest BCUT2D eigenvalue weighted by Crippen LogP contribution is -2.34. The number of aryl methyl sites for hydroxylation is 1. The van der Waals surface area contributed by atoms with Crippen molar-refractivity contribution in [1.29, 1.82) is 0 Å². The predicted octanol–water partition coefficient (Wildman–Crippen LogP) is 2.61. The van der Waals surface area contributed by atoms with Crippen LogP contribution in [0, 0.1) is 6.92 Å². The highest BCUT2D eigenvalue weighted by molar-refractivity contribution is 9.10. The van der Waals surface area contributed by atoms with Crippen LogP contribution in [0.3, 0.4) is 0 Å². The van der Waals surface area contributed by atoms with Gasteiger partial charge in [-0.15, -0.1) is 12.4 Å². The van der Waals surface area contributed by atoms with E-state index < -0.39 is 0 Å². The van der Waals surface area contributed by atoms with Crippen LogP contribution in [-0.4, -0.2) is 37.0 Å². The Bertz CT molecular complexity index is 417. The van der Waals surface area contributed by atoms with E-state index in [9.17, 15) is 4.79 Å². The molecule has 100 valence electrons. The molecular formula is C13H18BrClN2O. The van der Waals surface area contributed by atoms with E-state index in [0.717, 1.165) is 48.2 Å². The topological polar surface area (TPSA) is 32.3 Å². The first kappa shape index (κ1) is 15.5. The van der Waals surface area contributed by atoms with Crippen LogP contribution in [0.4, 0.5) is 0 Å². The predicted molar refractivity (Wildman–Crippen MR) is 79.5 cm³/mol. The van der Waals surface area contributed by atoms with Gasteiger partial charge in [-0.05, 0) is 43.7 Å². The van der Waals surface area contributed by atoms with Gasteiger partial charge in [0.1, 0.15) is 0 Å². The molecule has 0 atom stereocenters. The molecule has 0 bridgehead atoms. The van der Waals surface area contributed by atoms with E-state index in [1.54, 1.807) is 0 Å². The minimum Gasteiger partial charge on any atom is -0.337 e. The molecule has 1 aromatic carbocycles. The van der Waals surface area contributed by atoms with E-state index in [4.69, 9.17) is 0 Å². The zero-order valence-corrected chi connectivity index (χ0v) is 12.8. The van der Waals surface area contributed by atoms with Crippen LogP contribution in [0.15, 0.2) is 22.7 Å². The molecule has 0 spiro atoms. The van der Waals surface area contributed by atoms with Crippen LogP contribution in [0.5, 0.6) is 0 Å². The Kier molecular flexibility index (Phi) is 6.12. The van der Waals surface area contributed by atoms with Gasteiger partial charge >= 0.3 is 0 Å². The summed E-state index contributed by atoms with van der Waals surface area (Å²) in [6.07, 6.45) is 1.03. The van der Waals surface area contributed by atoms with Gasteiger partial charge in [0.15, 0.2) is 0 Å². The second-order valence-electron chi connectivity index (χ2n) is 4.36. The fourth-order valence-corrected chi connectivity index (χ4v) is 2.26. The summed E-state index contributed by atoms with van der Waals surface area (Å²) in [5, 5.41) is 3.30. The van der Waals surface area contributed by atoms with Crippen LogP contribution in [0.25, 0.3) is 0 Å². The third kappa shape index (κ3) is 3.70. The highest BCUT2D eigenvalue weighted by atomic mass is 79.9. The lowest BCUT2D eigenvalue weighted by atomic mass is 10.1. The van der Waals surface area contributed by atoms with Crippen molar-refractivity contribution in [3.05, 3.63) is 33.8 Å². The molecule has 0 radical (unpaired) electrons. The second-order valence-corrected chi connectivity index (χ2v) is 5.21. The Hall–Kier alpha value is -0.580. The second kappa shape index (κ2) is 7.12. The Morgan fingerprint density at radius 1 is 1.33 bits per heavy atom. The molecule has 0 aliphatic carbocycles. The number of hydrogen-bond donors (Lipinski definition) is 1. The summed E-state index contributed by atoms with van der Waals surface area (Å²) in [5.41, 5.74) is 1.89. The average molecular weight is 334 g/mol. The minimum atomic E-state index is 0. The maximum Gasteiger partial charge on any atom is 0.253 e. The third-order valence-corrected chi connectivity index (χ3v) is 3.92. The summed E-state index contributed by atoms with van der Waals surface area (Å²) in [7, 11) is 0. The van der Waals surface area contributed by atoms with Crippen molar-refractivity contribution < 1.29 is 4.79 Å². The monoisotopic (exact) mass is 332 g/mol. The molecule has 3 nitrogen and oxygen atoms in total. The number of carbonyl (C=O) groups excluding carboxylic acids is 1. The number of benzene rings is 1. The Balaban J connectivity index is 0.00000162. The van der Waals surface area contributed by atoms with Gasteiger partial charge in [0.05, 0.1) is 0 Å². The van der Waals surface area contributed by atoms with Crippen molar-refractivity contribution in [3.8, 4) is 0 Å². The van der Waals surface area contributed by atoms with Crippen LogP contribution >= 0.6 is 28.3 Å². The molecule has 1 N–H and O–H groups in total. The lowest BCUT2D eigenvalue weighted by molar-refractivity contribution is 0.0766. The summed E-state index contributed by atoms with van der Waals surface area (Å²) in [6.45, 7) is 5.55. The first-order valence-corrected chi connectivity index (χ1v) is 6.74. The van der Waals surface area contributed by atoms with Crippen molar-refractivity contribution in [2.24, 2.45) is 0 Å². The van der Waals surface area contributed by atoms with Gasteiger partial charge in [-0.3, -0.25) is 4.79 Å². The molecule has 5 heteroatoms. The maximum atomic E-state index is 12.3. The van der Waals surface area contributed by atoms with Crippen molar-refractivity contribution in [1.82, 2.24) is 10.2 Å². The van der Waals surface area contributed by atoms with Crippen molar-refractivity contribution in [2.45, 2.75) is 13.3 Å². The smallest absolute Gasteiger partial charge is 0.253 e. The third-order valence-electron chi connectivity index (χ3n) is 3.03. The Labute approximate surface area is 122 Å². The summed E-state index contributed by atoms with van der Waals surface area (Å²) in [4.78, 5) is 14.2. The van der Waals surface area contributed by atoms with Gasteiger partial charge in [0.2, 0.25) is 0 Å². The molecule has 0 unspecified atom stereocenters. The summed E-state index contributed by atoms with van der Waals surface area (Å²) < 4.78 is 1.05. The van der Waals surface area contributed by atoms with Crippen molar-refractivity contribution >= 4 is 34.2 Å². The summed E-state index contributed by atoms with van der Waals surface area (Å²) in [6, 6.07) is 5.78. The highest BCUT2D eigenvalue weighted by Gasteiger charge is 2.17. The van der Waals surface area contributed by atoms with E-state index >= 15 is 0 Å². The van der Waals surface area contributed by atoms with Crippen LogP contribution in [-0.2, 0) is 0 Å². The minimum absolute atomic E-state index is 0. The molecule has 0 saturated carbocycles. The zero-order valence-electron chi connectivity index (χ0n) is 10.4. The first-order valence-electron chi connectivity index (χ1n) is 5.94. The lowest BCUT2D eigenvalue weighted by Gasteiger charge is -2.20. The molecule has 1 aromatic rings. The molecule has 1 saturated heterocycles. The first-order chi connectivity index (χ1) is 8.18. The number of amides is 1. The van der Waals surface area contributed by atoms with E-state index in [1.165, 1.54) is 0 Å². The van der Waals surface area contributed by atoms with Gasteiger partial charge in [0.25, 0.3) is 5.91 Å². The van der Waals surface area contributed by atoms with Gasteiger partial charge in [-0.25, -0.2) is 0 Å². The van der Waals surface area contributed by atoms with Gasteiger partial charge in [-0.2, -0.15) is 0 Å². The van der Waals surface area contributed by atoms with E-state index in [0.29, 0.717) is 0 Å². The van der Waals surface area contributed by atoms with E-state index in [1.807, 2.05) is 30.0 Å². The number of nitrogens with one attached hydrogen (secondary N) is 1. The molecule has 0 aromatic heterocycles. The Morgan fingerprint density at radius 3 is 2.83 bits per heavy atom. The largest absolute Gasteiger partial charge is 0.337 e. The number of rotatable bonds is 1. The van der Waals surface area contributed by atoms with E-state index in [2.05, 4.69) is 21.2 Å². The van der Waals surface area contributed by atoms with Gasteiger partial charge in [0, 0.05) is 29.7 Å². The van der Waals surface area contributed by atoms with Crippen molar-refractivity contribution in [2.75, 3.05) is 26.2 Å². The fraction of sp³-hybridized carbons (Fsp3) is 0.462. The van der Waals surface area contributed by atoms with E-state index in [-0.39, 0.29) is 18.3 Å². The number of hydrogen-bond acceptors (Lipinski definition) is 2. The number of nitrogens with zero attached hydrogens (tertiary/aromatic N) is 1. The van der Waals surface area contributed by atoms with Gasteiger partial charge < -0.3 is 10.2 Å². The SMILES string of the molecule is Cc1cc(C(=O)N2CCCNCC2)ccc1Br.Cl. The van der Waals surface area contributed by atoms with Crippen LogP contribution in [0.1, 0.15) is 22.3 Å². The standard InChI is InChI=1S/C13H17BrN2O.ClH/c1-10-9-11(3-4-12(10)14)13(17)16-7-2-5-15-6-8-16;/h3-4,9,15H,2,5-8H2,1H3;1H. The zero-order chi connectivity index (χ0) is 12.3. The Morgan fingerprint density at radius 2 is 2.11 bits per heavy atom. The van der Waals surface area contributed by atoms with Crippen molar-refractivity contribution in [3.63, 3.8) is 0 Å². The van der Waals surface area contributed by atoms with Gasteiger partial charge in [-0.1, -0.05) is 15.9 Å². The maximum absolute atomic E-state index is 12.3. The molecule has 1 aliphatic heterocycles. The quantitative estimate of drug-likeness (QED) is 0.857. The molecule has 1 heterocycles. The molecule has 18 heavy (non-hydrogen) atoms. The normalized spacial score (nSPS) is 15.8. The molecule has 1 amide bonds.